The minimum Gasteiger partial charge on any atom is -0.258 e. The molecule has 0 fully saturated rings. The molecule has 0 saturated heterocycles. The van der Waals surface area contributed by atoms with Crippen molar-refractivity contribution in [2.45, 2.75) is 18.7 Å². The van der Waals surface area contributed by atoms with Crippen LogP contribution in [0, 0.1) is 15.9 Å². The van der Waals surface area contributed by atoms with E-state index < -0.39 is 26.8 Å². The van der Waals surface area contributed by atoms with E-state index in [1.54, 1.807) is 6.92 Å². The standard InChI is InChI=1S/C15H15FN2O4S/c1-11(13-5-7-14(16)8-6-13)17-23(21,22)10-12-3-2-4-15(9-12)18(19)20/h2-9,11,17H,10H2,1H3/t11-/m0/s1. The third kappa shape index (κ3) is 4.83. The summed E-state index contributed by atoms with van der Waals surface area (Å²) in [7, 11) is -3.70. The number of rotatable bonds is 6. The number of hydrogen-bond acceptors (Lipinski definition) is 4. The van der Waals surface area contributed by atoms with Crippen LogP contribution in [0.25, 0.3) is 0 Å². The monoisotopic (exact) mass is 338 g/mol. The van der Waals surface area contributed by atoms with Crippen molar-refractivity contribution in [2.24, 2.45) is 0 Å². The first-order valence-electron chi connectivity index (χ1n) is 6.75. The van der Waals surface area contributed by atoms with Gasteiger partial charge in [-0.2, -0.15) is 0 Å². The number of hydrogen-bond donors (Lipinski definition) is 1. The molecule has 0 aliphatic heterocycles. The van der Waals surface area contributed by atoms with Crippen LogP contribution < -0.4 is 4.72 Å². The molecule has 2 rings (SSSR count). The van der Waals surface area contributed by atoms with E-state index in [0.29, 0.717) is 11.1 Å². The molecule has 0 aliphatic carbocycles. The van der Waals surface area contributed by atoms with Crippen molar-refractivity contribution in [3.05, 3.63) is 75.6 Å². The van der Waals surface area contributed by atoms with Crippen LogP contribution in [0.15, 0.2) is 48.5 Å². The quantitative estimate of drug-likeness (QED) is 0.648. The first-order valence-corrected chi connectivity index (χ1v) is 8.41. The van der Waals surface area contributed by atoms with Gasteiger partial charge in [0.05, 0.1) is 10.7 Å². The highest BCUT2D eigenvalue weighted by Gasteiger charge is 2.18. The maximum absolute atomic E-state index is 12.9. The summed E-state index contributed by atoms with van der Waals surface area (Å²) in [6, 6.07) is 10.4. The highest BCUT2D eigenvalue weighted by molar-refractivity contribution is 7.88. The van der Waals surface area contributed by atoms with Crippen molar-refractivity contribution in [3.8, 4) is 0 Å². The van der Waals surface area contributed by atoms with E-state index in [2.05, 4.69) is 4.72 Å². The molecular weight excluding hydrogens is 323 g/mol. The number of non-ortho nitro benzene ring substituents is 1. The Labute approximate surface area is 133 Å². The van der Waals surface area contributed by atoms with Gasteiger partial charge in [-0.15, -0.1) is 0 Å². The van der Waals surface area contributed by atoms with Crippen molar-refractivity contribution in [1.29, 1.82) is 0 Å². The molecule has 0 bridgehead atoms. The van der Waals surface area contributed by atoms with E-state index in [0.717, 1.165) is 0 Å². The van der Waals surface area contributed by atoms with Gasteiger partial charge in [-0.05, 0) is 30.2 Å². The Morgan fingerprint density at radius 3 is 2.48 bits per heavy atom. The van der Waals surface area contributed by atoms with Crippen molar-refractivity contribution in [2.75, 3.05) is 0 Å². The molecular formula is C15H15FN2O4S. The van der Waals surface area contributed by atoms with Crippen molar-refractivity contribution >= 4 is 15.7 Å². The third-order valence-corrected chi connectivity index (χ3v) is 4.63. The Morgan fingerprint density at radius 1 is 1.22 bits per heavy atom. The second kappa shape index (κ2) is 6.84. The summed E-state index contributed by atoms with van der Waals surface area (Å²) in [5.74, 6) is -0.777. The summed E-state index contributed by atoms with van der Waals surface area (Å²) in [6.07, 6.45) is 0. The average Bonchev–Trinajstić information content (AvgIpc) is 2.47. The molecule has 23 heavy (non-hydrogen) atoms. The molecule has 0 amide bonds. The van der Waals surface area contributed by atoms with Gasteiger partial charge in [-0.25, -0.2) is 17.5 Å². The summed E-state index contributed by atoms with van der Waals surface area (Å²) in [5.41, 5.74) is 0.774. The third-order valence-electron chi connectivity index (χ3n) is 3.20. The van der Waals surface area contributed by atoms with Crippen LogP contribution in [0.4, 0.5) is 10.1 Å². The number of nitro benzene ring substituents is 1. The van der Waals surface area contributed by atoms with Gasteiger partial charge in [-0.1, -0.05) is 24.3 Å². The lowest BCUT2D eigenvalue weighted by atomic mass is 10.1. The van der Waals surface area contributed by atoms with Gasteiger partial charge < -0.3 is 0 Å². The second-order valence-electron chi connectivity index (χ2n) is 5.08. The molecule has 0 saturated carbocycles. The zero-order chi connectivity index (χ0) is 17.0. The van der Waals surface area contributed by atoms with Crippen LogP contribution >= 0.6 is 0 Å². The minimum atomic E-state index is -3.70. The van der Waals surface area contributed by atoms with Gasteiger partial charge in [-0.3, -0.25) is 10.1 Å². The molecule has 0 unspecified atom stereocenters. The molecule has 8 heteroatoms. The lowest BCUT2D eigenvalue weighted by Crippen LogP contribution is -2.28. The fourth-order valence-electron chi connectivity index (χ4n) is 2.11. The van der Waals surface area contributed by atoms with Crippen molar-refractivity contribution in [3.63, 3.8) is 0 Å². The van der Waals surface area contributed by atoms with E-state index in [4.69, 9.17) is 0 Å². The maximum Gasteiger partial charge on any atom is 0.269 e. The fraction of sp³-hybridized carbons (Fsp3) is 0.200. The van der Waals surface area contributed by atoms with Gasteiger partial charge in [0.25, 0.3) is 5.69 Å². The first-order chi connectivity index (χ1) is 10.8. The first kappa shape index (κ1) is 17.0. The molecule has 2 aromatic carbocycles. The molecule has 0 radical (unpaired) electrons. The van der Waals surface area contributed by atoms with Gasteiger partial charge in [0.2, 0.25) is 10.0 Å². The summed E-state index contributed by atoms with van der Waals surface area (Å²) in [6.45, 7) is 1.64. The number of nitrogens with one attached hydrogen (secondary N) is 1. The van der Waals surface area contributed by atoms with Gasteiger partial charge in [0, 0.05) is 18.2 Å². The Morgan fingerprint density at radius 2 is 1.87 bits per heavy atom. The Balaban J connectivity index is 2.11. The summed E-state index contributed by atoms with van der Waals surface area (Å²) in [5, 5.41) is 10.7. The topological polar surface area (TPSA) is 89.3 Å². The van der Waals surface area contributed by atoms with Crippen molar-refractivity contribution < 1.29 is 17.7 Å². The van der Waals surface area contributed by atoms with Crippen molar-refractivity contribution in [1.82, 2.24) is 4.72 Å². The van der Waals surface area contributed by atoms with E-state index in [1.165, 1.54) is 48.5 Å². The SMILES string of the molecule is C[C@H](NS(=O)(=O)Cc1cccc([N+](=O)[O-])c1)c1ccc(F)cc1. The highest BCUT2D eigenvalue weighted by Crippen LogP contribution is 2.18. The zero-order valence-electron chi connectivity index (χ0n) is 12.3. The smallest absolute Gasteiger partial charge is 0.258 e. The lowest BCUT2D eigenvalue weighted by molar-refractivity contribution is -0.384. The molecule has 0 heterocycles. The van der Waals surface area contributed by atoms with E-state index in [1.807, 2.05) is 0 Å². The molecule has 0 spiro atoms. The van der Waals surface area contributed by atoms with Crippen LogP contribution in [0.5, 0.6) is 0 Å². The number of sulfonamides is 1. The molecule has 1 N–H and O–H groups in total. The van der Waals surface area contributed by atoms with E-state index in [9.17, 15) is 22.9 Å². The Kier molecular flexibility index (Phi) is 5.07. The predicted molar refractivity (Wildman–Crippen MR) is 83.7 cm³/mol. The number of nitro groups is 1. The predicted octanol–water partition coefficient (Wildman–Crippen LogP) is 2.91. The second-order valence-corrected chi connectivity index (χ2v) is 6.83. The molecule has 6 nitrogen and oxygen atoms in total. The molecule has 1 atom stereocenters. The van der Waals surface area contributed by atoms with Crippen LogP contribution in [0.3, 0.4) is 0 Å². The Bertz CT molecular complexity index is 806. The minimum absolute atomic E-state index is 0.163. The van der Waals surface area contributed by atoms with Crippen LogP contribution in [-0.4, -0.2) is 13.3 Å². The summed E-state index contributed by atoms with van der Waals surface area (Å²) in [4.78, 5) is 10.1. The van der Waals surface area contributed by atoms with Gasteiger partial charge >= 0.3 is 0 Å². The Hall–Kier alpha value is -2.32. The zero-order valence-corrected chi connectivity index (χ0v) is 13.1. The van der Waals surface area contributed by atoms with Crippen LogP contribution in [-0.2, 0) is 15.8 Å². The number of benzene rings is 2. The normalized spacial score (nSPS) is 12.8. The molecule has 0 aromatic heterocycles. The summed E-state index contributed by atoms with van der Waals surface area (Å²) >= 11 is 0. The van der Waals surface area contributed by atoms with E-state index >= 15 is 0 Å². The highest BCUT2D eigenvalue weighted by atomic mass is 32.2. The van der Waals surface area contributed by atoms with Crippen LogP contribution in [0.2, 0.25) is 0 Å². The summed E-state index contributed by atoms with van der Waals surface area (Å²) < 4.78 is 39.7. The maximum atomic E-state index is 12.9. The molecule has 0 aliphatic rings. The van der Waals surface area contributed by atoms with E-state index in [-0.39, 0.29) is 11.4 Å². The van der Waals surface area contributed by atoms with Gasteiger partial charge in [0.1, 0.15) is 5.82 Å². The largest absolute Gasteiger partial charge is 0.269 e. The fourth-order valence-corrected chi connectivity index (χ4v) is 3.49. The van der Waals surface area contributed by atoms with Crippen LogP contribution in [0.1, 0.15) is 24.1 Å². The number of halogens is 1. The van der Waals surface area contributed by atoms with Gasteiger partial charge in [0.15, 0.2) is 0 Å². The lowest BCUT2D eigenvalue weighted by Gasteiger charge is -2.14. The molecule has 122 valence electrons. The number of nitrogens with zero attached hydrogens (tertiary/aromatic N) is 1. The molecule has 2 aromatic rings. The average molecular weight is 338 g/mol.